The van der Waals surface area contributed by atoms with Gasteiger partial charge >= 0.3 is 0 Å². The minimum atomic E-state index is 1.18. The summed E-state index contributed by atoms with van der Waals surface area (Å²) in [6, 6.07) is 35.6. The van der Waals surface area contributed by atoms with Crippen molar-refractivity contribution >= 4 is 35.7 Å². The lowest BCUT2D eigenvalue weighted by Crippen LogP contribution is -2.08. The zero-order valence-corrected chi connectivity index (χ0v) is 26.1. The highest BCUT2D eigenvalue weighted by Crippen LogP contribution is 2.25. The van der Waals surface area contributed by atoms with Gasteiger partial charge in [-0.2, -0.15) is 0 Å². The van der Waals surface area contributed by atoms with E-state index in [9.17, 15) is 0 Å². The highest BCUT2D eigenvalue weighted by atomic mass is 15.1. The van der Waals surface area contributed by atoms with Crippen LogP contribution in [0.3, 0.4) is 0 Å². The summed E-state index contributed by atoms with van der Waals surface area (Å²) >= 11 is 0. The fourth-order valence-electron chi connectivity index (χ4n) is 5.25. The van der Waals surface area contributed by atoms with Crippen LogP contribution in [0.2, 0.25) is 0 Å². The largest absolute Gasteiger partial charge is 0.345 e. The Morgan fingerprint density at radius 1 is 0.405 bits per heavy atom. The second-order valence-corrected chi connectivity index (χ2v) is 11.5. The number of unbranched alkanes of at least 4 members (excludes halogenated alkanes) is 6. The number of benzene rings is 4. The third-order valence-electron chi connectivity index (χ3n) is 8.09. The molecule has 0 amide bonds. The van der Waals surface area contributed by atoms with Crippen molar-refractivity contribution in [2.45, 2.75) is 78.1 Å². The topological polar surface area (TPSA) is 3.24 Å². The predicted octanol–water partition coefficient (Wildman–Crippen LogP) is 12.0. The van der Waals surface area contributed by atoms with Crippen LogP contribution in [-0.2, 0) is 12.8 Å². The lowest BCUT2D eigenvalue weighted by atomic mass is 10.0. The molecule has 0 unspecified atom stereocenters. The molecule has 0 heterocycles. The van der Waals surface area contributed by atoms with Crippen molar-refractivity contribution in [3.8, 4) is 0 Å². The van der Waals surface area contributed by atoms with E-state index in [2.05, 4.69) is 147 Å². The van der Waals surface area contributed by atoms with Gasteiger partial charge in [-0.3, -0.25) is 0 Å². The number of anilines is 2. The Morgan fingerprint density at radius 3 is 1.02 bits per heavy atom. The summed E-state index contributed by atoms with van der Waals surface area (Å²) in [6.07, 6.45) is 21.7. The molecule has 218 valence electrons. The quantitative estimate of drug-likeness (QED) is 0.0981. The summed E-state index contributed by atoms with van der Waals surface area (Å²) in [5.74, 6) is 0. The van der Waals surface area contributed by atoms with Gasteiger partial charge in [0.2, 0.25) is 0 Å². The van der Waals surface area contributed by atoms with Gasteiger partial charge in [-0.05, 0) is 83.3 Å². The molecule has 0 saturated carbocycles. The van der Waals surface area contributed by atoms with E-state index in [1.54, 1.807) is 0 Å². The highest BCUT2D eigenvalue weighted by Gasteiger charge is 2.04. The number of hydrogen-bond donors (Lipinski definition) is 0. The second-order valence-electron chi connectivity index (χ2n) is 11.5. The van der Waals surface area contributed by atoms with Crippen molar-refractivity contribution in [2.75, 3.05) is 11.9 Å². The molecule has 1 nitrogen and oxygen atoms in total. The molecule has 0 aliphatic rings. The molecular weight excluding hydrogens is 506 g/mol. The summed E-state index contributed by atoms with van der Waals surface area (Å²) < 4.78 is 0. The number of rotatable bonds is 16. The molecule has 0 saturated heterocycles. The molecule has 4 aromatic rings. The van der Waals surface area contributed by atoms with Crippen LogP contribution in [0.4, 0.5) is 11.4 Å². The maximum atomic E-state index is 2.28. The van der Waals surface area contributed by atoms with Crippen LogP contribution in [0.15, 0.2) is 97.1 Å². The Morgan fingerprint density at radius 2 is 0.714 bits per heavy atom. The maximum absolute atomic E-state index is 2.28. The summed E-state index contributed by atoms with van der Waals surface area (Å²) in [7, 11) is 2.13. The lowest BCUT2D eigenvalue weighted by Gasteiger charge is -2.20. The molecule has 0 aromatic heterocycles. The molecule has 0 atom stereocenters. The van der Waals surface area contributed by atoms with Crippen LogP contribution < -0.4 is 4.90 Å². The Hall–Kier alpha value is -3.84. The van der Waals surface area contributed by atoms with Crippen molar-refractivity contribution in [3.05, 3.63) is 130 Å². The summed E-state index contributed by atoms with van der Waals surface area (Å²) in [4.78, 5) is 2.24. The van der Waals surface area contributed by atoms with E-state index >= 15 is 0 Å². The smallest absolute Gasteiger partial charge is 0.0408 e. The second kappa shape index (κ2) is 17.2. The first kappa shape index (κ1) is 31.1. The molecule has 42 heavy (non-hydrogen) atoms. The van der Waals surface area contributed by atoms with Crippen molar-refractivity contribution < 1.29 is 0 Å². The Kier molecular flexibility index (Phi) is 12.7. The molecule has 0 aliphatic heterocycles. The Bertz CT molecular complexity index is 1250. The summed E-state index contributed by atoms with van der Waals surface area (Å²) in [5, 5.41) is 0. The summed E-state index contributed by atoms with van der Waals surface area (Å²) in [6.45, 7) is 4.53. The van der Waals surface area contributed by atoms with Gasteiger partial charge in [-0.1, -0.05) is 149 Å². The molecule has 4 rings (SSSR count). The Labute approximate surface area is 255 Å². The van der Waals surface area contributed by atoms with Crippen LogP contribution in [0.5, 0.6) is 0 Å². The van der Waals surface area contributed by atoms with Crippen molar-refractivity contribution in [1.29, 1.82) is 0 Å². The summed E-state index contributed by atoms with van der Waals surface area (Å²) in [5.41, 5.74) is 10.2. The third-order valence-corrected chi connectivity index (χ3v) is 8.09. The van der Waals surface area contributed by atoms with Crippen LogP contribution in [0.1, 0.15) is 98.6 Å². The fraction of sp³-hybridized carbons (Fsp3) is 0.317. The minimum absolute atomic E-state index is 1.18. The molecule has 0 bridgehead atoms. The van der Waals surface area contributed by atoms with E-state index in [4.69, 9.17) is 0 Å². The molecule has 0 N–H and O–H groups in total. The first-order chi connectivity index (χ1) is 20.6. The van der Waals surface area contributed by atoms with E-state index in [-0.39, 0.29) is 0 Å². The van der Waals surface area contributed by atoms with Gasteiger partial charge in [0.1, 0.15) is 0 Å². The van der Waals surface area contributed by atoms with Gasteiger partial charge in [0, 0.05) is 18.4 Å². The van der Waals surface area contributed by atoms with Gasteiger partial charge in [0.05, 0.1) is 0 Å². The highest BCUT2D eigenvalue weighted by molar-refractivity contribution is 5.73. The number of nitrogens with zero attached hydrogens (tertiary/aromatic N) is 1. The molecule has 4 aromatic carbocycles. The first-order valence-corrected chi connectivity index (χ1v) is 16.1. The zero-order valence-electron chi connectivity index (χ0n) is 26.1. The van der Waals surface area contributed by atoms with Gasteiger partial charge in [-0.15, -0.1) is 0 Å². The van der Waals surface area contributed by atoms with Crippen LogP contribution in [-0.4, -0.2) is 7.05 Å². The monoisotopic (exact) mass is 555 g/mol. The molecule has 0 spiro atoms. The zero-order chi connectivity index (χ0) is 29.4. The van der Waals surface area contributed by atoms with Crippen LogP contribution in [0, 0.1) is 0 Å². The fourth-order valence-corrected chi connectivity index (χ4v) is 5.25. The van der Waals surface area contributed by atoms with Crippen LogP contribution >= 0.6 is 0 Å². The van der Waals surface area contributed by atoms with E-state index in [1.807, 2.05) is 0 Å². The van der Waals surface area contributed by atoms with Crippen molar-refractivity contribution in [1.82, 2.24) is 0 Å². The normalized spacial score (nSPS) is 11.5. The van der Waals surface area contributed by atoms with Crippen LogP contribution in [0.25, 0.3) is 24.3 Å². The minimum Gasteiger partial charge on any atom is -0.345 e. The standard InChI is InChI=1S/C41H49N/c1-4-6-8-10-12-34-14-18-36(19-15-34)22-24-38-26-30-40(31-27-38)42(3)41-32-28-39(29-33-41)25-23-37-20-16-35(17-21-37)13-11-9-7-5-2/h14-33H,4-13H2,1-3H3/b24-22+,25-23+. The molecule has 0 aliphatic carbocycles. The van der Waals surface area contributed by atoms with Crippen molar-refractivity contribution in [3.63, 3.8) is 0 Å². The average Bonchev–Trinajstić information content (AvgIpc) is 3.04. The third kappa shape index (κ3) is 10.2. The molecule has 0 fully saturated rings. The van der Waals surface area contributed by atoms with Crippen molar-refractivity contribution in [2.24, 2.45) is 0 Å². The van der Waals surface area contributed by atoms with E-state index < -0.39 is 0 Å². The first-order valence-electron chi connectivity index (χ1n) is 16.1. The van der Waals surface area contributed by atoms with Gasteiger partial charge < -0.3 is 4.90 Å². The van der Waals surface area contributed by atoms with E-state index in [0.29, 0.717) is 0 Å². The lowest BCUT2D eigenvalue weighted by molar-refractivity contribution is 0.667. The molecule has 1 heteroatoms. The van der Waals surface area contributed by atoms with E-state index in [0.717, 1.165) is 0 Å². The Balaban J connectivity index is 1.27. The SMILES string of the molecule is CCCCCCc1ccc(/C=C/c2ccc(N(C)c3ccc(/C=C/c4ccc(CCCCCC)cc4)cc3)cc2)cc1. The molecular formula is C41H49N. The van der Waals surface area contributed by atoms with E-state index in [1.165, 1.54) is 109 Å². The average molecular weight is 556 g/mol. The predicted molar refractivity (Wildman–Crippen MR) is 187 cm³/mol. The maximum Gasteiger partial charge on any atom is 0.0408 e. The van der Waals surface area contributed by atoms with Gasteiger partial charge in [0.15, 0.2) is 0 Å². The van der Waals surface area contributed by atoms with Gasteiger partial charge in [0.25, 0.3) is 0 Å². The van der Waals surface area contributed by atoms with Gasteiger partial charge in [-0.25, -0.2) is 0 Å². The number of hydrogen-bond acceptors (Lipinski definition) is 1. The number of aryl methyl sites for hydroxylation is 2. The molecule has 0 radical (unpaired) electrons.